The van der Waals surface area contributed by atoms with Crippen LogP contribution in [0.1, 0.15) is 12.8 Å². The largest absolute Gasteiger partial charge is 0.469 e. The Balaban J connectivity index is 2.02. The van der Waals surface area contributed by atoms with Crippen LogP contribution in [0.4, 0.5) is 0 Å². The first-order valence-corrected chi connectivity index (χ1v) is 4.00. The number of ether oxygens (including phenoxy) is 1. The second-order valence-electron chi connectivity index (χ2n) is 3.50. The summed E-state index contributed by atoms with van der Waals surface area (Å²) in [5.41, 5.74) is 0. The van der Waals surface area contributed by atoms with E-state index in [0.29, 0.717) is 18.3 Å². The van der Waals surface area contributed by atoms with Crippen LogP contribution in [-0.4, -0.2) is 24.3 Å². The fourth-order valence-corrected chi connectivity index (χ4v) is 2.17. The highest BCUT2D eigenvalue weighted by Crippen LogP contribution is 2.55. The van der Waals surface area contributed by atoms with Crippen LogP contribution in [0.3, 0.4) is 0 Å². The lowest BCUT2D eigenvalue weighted by atomic mass is 10.0. The van der Waals surface area contributed by atoms with Gasteiger partial charge in [0.25, 0.3) is 0 Å². The van der Waals surface area contributed by atoms with E-state index < -0.39 is 0 Å². The van der Waals surface area contributed by atoms with Gasteiger partial charge in [-0.2, -0.15) is 0 Å². The van der Waals surface area contributed by atoms with Gasteiger partial charge in [0.1, 0.15) is 0 Å². The number of fused-ring (bicyclic) bond motifs is 1. The van der Waals surface area contributed by atoms with Gasteiger partial charge in [-0.1, -0.05) is 0 Å². The number of aliphatic hydroxyl groups is 1. The number of hydrogen-bond donors (Lipinski definition) is 1. The normalized spacial score (nSPS) is 46.7. The molecule has 2 saturated carbocycles. The second-order valence-corrected chi connectivity index (χ2v) is 3.50. The van der Waals surface area contributed by atoms with Crippen LogP contribution in [0.5, 0.6) is 0 Å². The average Bonchev–Trinajstić information content (AvgIpc) is 2.72. The minimum absolute atomic E-state index is 0.0139. The summed E-state index contributed by atoms with van der Waals surface area (Å²) in [4.78, 5) is 11.1. The zero-order valence-electron chi connectivity index (χ0n) is 6.49. The molecule has 0 aromatic carbocycles. The Hall–Kier alpha value is -0.570. The minimum atomic E-state index is -0.246. The molecule has 0 saturated heterocycles. The number of rotatable bonds is 1. The Morgan fingerprint density at radius 3 is 2.55 bits per heavy atom. The maximum Gasteiger partial charge on any atom is 0.309 e. The highest BCUT2D eigenvalue weighted by Gasteiger charge is 2.56. The molecule has 2 aliphatic rings. The monoisotopic (exact) mass is 156 g/mol. The van der Waals surface area contributed by atoms with Crippen molar-refractivity contribution in [3.63, 3.8) is 0 Å². The third-order valence-corrected chi connectivity index (χ3v) is 2.90. The number of carbonyl (C=O) groups is 1. The molecule has 0 unspecified atom stereocenters. The molecule has 0 amide bonds. The standard InChI is InChI=1S/C8H12O3/c1-11-8(10)6-3-7(9)5-2-4(5)6/h4-7,9H,2-3H2,1H3/t4-,5+,6+,7-/m0/s1. The van der Waals surface area contributed by atoms with Gasteiger partial charge >= 0.3 is 5.97 Å². The smallest absolute Gasteiger partial charge is 0.309 e. The zero-order valence-corrected chi connectivity index (χ0v) is 6.49. The third kappa shape index (κ3) is 0.948. The van der Waals surface area contributed by atoms with Crippen LogP contribution in [0.2, 0.25) is 0 Å². The van der Waals surface area contributed by atoms with E-state index in [4.69, 9.17) is 0 Å². The number of esters is 1. The van der Waals surface area contributed by atoms with Gasteiger partial charge in [0.05, 0.1) is 19.1 Å². The number of aliphatic hydroxyl groups excluding tert-OH is 1. The highest BCUT2D eigenvalue weighted by atomic mass is 16.5. The topological polar surface area (TPSA) is 46.5 Å². The summed E-state index contributed by atoms with van der Waals surface area (Å²) >= 11 is 0. The first-order valence-electron chi connectivity index (χ1n) is 4.00. The highest BCUT2D eigenvalue weighted by molar-refractivity contribution is 5.73. The van der Waals surface area contributed by atoms with Gasteiger partial charge in [-0.05, 0) is 24.7 Å². The van der Waals surface area contributed by atoms with Crippen molar-refractivity contribution >= 4 is 5.97 Å². The van der Waals surface area contributed by atoms with E-state index >= 15 is 0 Å². The van der Waals surface area contributed by atoms with E-state index in [9.17, 15) is 9.90 Å². The van der Waals surface area contributed by atoms with Gasteiger partial charge in [-0.3, -0.25) is 4.79 Å². The number of methoxy groups -OCH3 is 1. The molecule has 0 bridgehead atoms. The maximum atomic E-state index is 11.1. The van der Waals surface area contributed by atoms with Crippen molar-refractivity contribution in [3.8, 4) is 0 Å². The summed E-state index contributed by atoms with van der Waals surface area (Å²) in [6.07, 6.45) is 1.38. The molecule has 0 radical (unpaired) electrons. The SMILES string of the molecule is COC(=O)[C@@H]1C[C@H](O)[C@@H]2C[C@@H]21. The van der Waals surface area contributed by atoms with Gasteiger partial charge in [-0.25, -0.2) is 0 Å². The van der Waals surface area contributed by atoms with Crippen molar-refractivity contribution < 1.29 is 14.6 Å². The van der Waals surface area contributed by atoms with Crippen molar-refractivity contribution in [1.82, 2.24) is 0 Å². The molecule has 2 fully saturated rings. The summed E-state index contributed by atoms with van der Waals surface area (Å²) in [6.45, 7) is 0. The fourth-order valence-electron chi connectivity index (χ4n) is 2.17. The van der Waals surface area contributed by atoms with Crippen LogP contribution in [-0.2, 0) is 9.53 Å². The summed E-state index contributed by atoms with van der Waals surface area (Å²) in [5, 5.41) is 9.35. The van der Waals surface area contributed by atoms with Crippen LogP contribution < -0.4 is 0 Å². The third-order valence-electron chi connectivity index (χ3n) is 2.90. The van der Waals surface area contributed by atoms with E-state index in [-0.39, 0.29) is 18.0 Å². The van der Waals surface area contributed by atoms with Gasteiger partial charge < -0.3 is 9.84 Å². The Morgan fingerprint density at radius 1 is 1.45 bits per heavy atom. The molecule has 0 aliphatic heterocycles. The number of hydrogen-bond acceptors (Lipinski definition) is 3. The van der Waals surface area contributed by atoms with Crippen LogP contribution in [0.15, 0.2) is 0 Å². The molecule has 0 spiro atoms. The molecule has 4 atom stereocenters. The molecule has 0 heterocycles. The van der Waals surface area contributed by atoms with Gasteiger partial charge in [0, 0.05) is 0 Å². The maximum absolute atomic E-state index is 11.1. The van der Waals surface area contributed by atoms with Crippen LogP contribution in [0, 0.1) is 17.8 Å². The molecule has 0 aromatic rings. The molecule has 2 aliphatic carbocycles. The van der Waals surface area contributed by atoms with Gasteiger partial charge in [0.15, 0.2) is 0 Å². The second kappa shape index (κ2) is 2.21. The van der Waals surface area contributed by atoms with Crippen LogP contribution >= 0.6 is 0 Å². The quantitative estimate of drug-likeness (QED) is 0.551. The lowest BCUT2D eigenvalue weighted by Crippen LogP contribution is -2.18. The van der Waals surface area contributed by atoms with E-state index in [1.807, 2.05) is 0 Å². The average molecular weight is 156 g/mol. The molecular formula is C8H12O3. The molecule has 62 valence electrons. The summed E-state index contributed by atoms with van der Waals surface area (Å²) in [6, 6.07) is 0. The van der Waals surface area contributed by atoms with Crippen LogP contribution in [0.25, 0.3) is 0 Å². The molecular weight excluding hydrogens is 144 g/mol. The Kier molecular flexibility index (Phi) is 1.42. The molecule has 2 rings (SSSR count). The van der Waals surface area contributed by atoms with E-state index in [2.05, 4.69) is 4.74 Å². The van der Waals surface area contributed by atoms with E-state index in [1.54, 1.807) is 0 Å². The lowest BCUT2D eigenvalue weighted by molar-refractivity contribution is -0.146. The number of carbonyl (C=O) groups excluding carboxylic acids is 1. The van der Waals surface area contributed by atoms with E-state index in [1.165, 1.54) is 7.11 Å². The Labute approximate surface area is 65.4 Å². The first-order chi connectivity index (χ1) is 5.24. The van der Waals surface area contributed by atoms with Gasteiger partial charge in [0.2, 0.25) is 0 Å². The molecule has 0 aromatic heterocycles. The Bertz CT molecular complexity index is 190. The fraction of sp³-hybridized carbons (Fsp3) is 0.875. The van der Waals surface area contributed by atoms with Crippen molar-refractivity contribution in [2.24, 2.45) is 17.8 Å². The lowest BCUT2D eigenvalue weighted by Gasteiger charge is -2.09. The molecule has 3 nitrogen and oxygen atoms in total. The molecule has 11 heavy (non-hydrogen) atoms. The Morgan fingerprint density at radius 2 is 2.18 bits per heavy atom. The predicted molar refractivity (Wildman–Crippen MR) is 37.7 cm³/mol. The molecule has 1 N–H and O–H groups in total. The van der Waals surface area contributed by atoms with Gasteiger partial charge in [-0.15, -0.1) is 0 Å². The van der Waals surface area contributed by atoms with Crippen molar-refractivity contribution in [3.05, 3.63) is 0 Å². The zero-order chi connectivity index (χ0) is 8.01. The summed E-state index contributed by atoms with van der Waals surface area (Å²) < 4.78 is 4.63. The van der Waals surface area contributed by atoms with E-state index in [0.717, 1.165) is 6.42 Å². The van der Waals surface area contributed by atoms with Crippen molar-refractivity contribution in [1.29, 1.82) is 0 Å². The summed E-state index contributed by atoms with van der Waals surface area (Å²) in [5.74, 6) is 0.672. The first kappa shape index (κ1) is 7.10. The molecule has 3 heteroatoms. The summed E-state index contributed by atoms with van der Waals surface area (Å²) in [7, 11) is 1.41. The predicted octanol–water partition coefficient (Wildman–Crippen LogP) is 0.176. The van der Waals surface area contributed by atoms with Crippen molar-refractivity contribution in [2.45, 2.75) is 18.9 Å². The van der Waals surface area contributed by atoms with Crippen molar-refractivity contribution in [2.75, 3.05) is 7.11 Å². The minimum Gasteiger partial charge on any atom is -0.469 e.